The molecular formula is C21H26Cl2N2O3. The van der Waals surface area contributed by atoms with Crippen LogP contribution in [0, 0.1) is 5.92 Å². The van der Waals surface area contributed by atoms with Gasteiger partial charge in [-0.3, -0.25) is 14.5 Å². The number of carbonyl (C=O) groups excluding carboxylic acids is 2. The van der Waals surface area contributed by atoms with Crippen molar-refractivity contribution in [2.45, 2.75) is 57.2 Å². The number of rotatable bonds is 2. The Hall–Kier alpha value is -1.30. The van der Waals surface area contributed by atoms with Gasteiger partial charge in [0.1, 0.15) is 11.8 Å². The van der Waals surface area contributed by atoms with Crippen LogP contribution in [0.3, 0.4) is 0 Å². The van der Waals surface area contributed by atoms with Crippen molar-refractivity contribution < 1.29 is 14.3 Å². The summed E-state index contributed by atoms with van der Waals surface area (Å²) in [5, 5.41) is 0.739. The lowest BCUT2D eigenvalue weighted by Crippen LogP contribution is -2.57. The number of halogens is 2. The molecule has 3 fully saturated rings. The molecule has 1 aromatic rings. The molecule has 5 nitrogen and oxygen atoms in total. The van der Waals surface area contributed by atoms with Gasteiger partial charge in [-0.05, 0) is 62.6 Å². The number of likely N-dealkylation sites (tertiary alicyclic amines) is 1. The summed E-state index contributed by atoms with van der Waals surface area (Å²) in [7, 11) is 0. The van der Waals surface area contributed by atoms with Gasteiger partial charge in [-0.25, -0.2) is 0 Å². The first-order chi connectivity index (χ1) is 13.4. The molecule has 0 aromatic heterocycles. The monoisotopic (exact) mass is 424 g/mol. The van der Waals surface area contributed by atoms with E-state index in [1.54, 1.807) is 23.1 Å². The molecule has 152 valence electrons. The number of hydrogen-bond donors (Lipinski definition) is 0. The zero-order chi connectivity index (χ0) is 19.9. The second-order valence-corrected chi connectivity index (χ2v) is 9.11. The number of ether oxygens (including phenoxy) is 1. The second-order valence-electron chi connectivity index (χ2n) is 8.29. The van der Waals surface area contributed by atoms with E-state index in [1.165, 1.54) is 0 Å². The lowest BCUT2D eigenvalue weighted by atomic mass is 9.83. The number of carbonyl (C=O) groups is 2. The van der Waals surface area contributed by atoms with Crippen molar-refractivity contribution in [3.63, 3.8) is 0 Å². The summed E-state index contributed by atoms with van der Waals surface area (Å²) < 4.78 is 6.23. The first-order valence-corrected chi connectivity index (χ1v) is 10.9. The number of hydrogen-bond acceptors (Lipinski definition) is 3. The Balaban J connectivity index is 1.68. The molecular weight excluding hydrogens is 399 g/mol. The molecule has 0 unspecified atom stereocenters. The van der Waals surface area contributed by atoms with Gasteiger partial charge < -0.3 is 9.64 Å². The predicted molar refractivity (Wildman–Crippen MR) is 109 cm³/mol. The Morgan fingerprint density at radius 3 is 2.43 bits per heavy atom. The second kappa shape index (κ2) is 7.85. The van der Waals surface area contributed by atoms with Crippen LogP contribution in [-0.2, 0) is 9.53 Å². The zero-order valence-corrected chi connectivity index (χ0v) is 17.6. The van der Waals surface area contributed by atoms with E-state index in [-0.39, 0.29) is 18.4 Å². The van der Waals surface area contributed by atoms with E-state index in [1.807, 2.05) is 4.90 Å². The standard InChI is InChI=1S/C21H26Cl2N2O3/c1-14-6-8-21(9-7-14)25(19(26)15-4-5-16(22)17(23)12-15)18(13-28-21)20(27)24-10-2-3-11-24/h4-5,12,14,18H,2-3,6-11,13H2,1H3/t14?,18-,21?/m1/s1. The highest BCUT2D eigenvalue weighted by Gasteiger charge is 2.54. The third-order valence-electron chi connectivity index (χ3n) is 6.40. The third-order valence-corrected chi connectivity index (χ3v) is 7.14. The highest BCUT2D eigenvalue weighted by molar-refractivity contribution is 6.42. The molecule has 1 spiro atoms. The largest absolute Gasteiger partial charge is 0.353 e. The molecule has 1 saturated carbocycles. The fraction of sp³-hybridized carbons (Fsp3) is 0.619. The van der Waals surface area contributed by atoms with Crippen molar-refractivity contribution in [1.82, 2.24) is 9.80 Å². The van der Waals surface area contributed by atoms with Crippen LogP contribution in [0.5, 0.6) is 0 Å². The molecule has 7 heteroatoms. The average molecular weight is 425 g/mol. The summed E-state index contributed by atoms with van der Waals surface area (Å²) in [5.41, 5.74) is -0.257. The smallest absolute Gasteiger partial charge is 0.256 e. The first-order valence-electron chi connectivity index (χ1n) is 10.1. The van der Waals surface area contributed by atoms with Crippen molar-refractivity contribution in [1.29, 1.82) is 0 Å². The van der Waals surface area contributed by atoms with E-state index in [2.05, 4.69) is 6.92 Å². The molecule has 0 radical (unpaired) electrons. The van der Waals surface area contributed by atoms with Crippen LogP contribution in [0.2, 0.25) is 10.0 Å². The predicted octanol–water partition coefficient (Wildman–Crippen LogP) is 4.36. The zero-order valence-electron chi connectivity index (χ0n) is 16.1. The van der Waals surface area contributed by atoms with Gasteiger partial charge in [-0.2, -0.15) is 0 Å². The minimum absolute atomic E-state index is 0.00130. The number of amides is 2. The van der Waals surface area contributed by atoms with Gasteiger partial charge in [-0.1, -0.05) is 30.1 Å². The molecule has 1 atom stereocenters. The fourth-order valence-electron chi connectivity index (χ4n) is 4.69. The Kier molecular flexibility index (Phi) is 5.60. The molecule has 1 aromatic carbocycles. The van der Waals surface area contributed by atoms with E-state index >= 15 is 0 Å². The van der Waals surface area contributed by atoms with Gasteiger partial charge in [0.25, 0.3) is 5.91 Å². The highest BCUT2D eigenvalue weighted by Crippen LogP contribution is 2.43. The topological polar surface area (TPSA) is 49.9 Å². The van der Waals surface area contributed by atoms with Gasteiger partial charge in [0.15, 0.2) is 0 Å². The molecule has 28 heavy (non-hydrogen) atoms. The molecule has 0 bridgehead atoms. The van der Waals surface area contributed by atoms with E-state index in [0.717, 1.165) is 51.6 Å². The van der Waals surface area contributed by atoms with Crippen molar-refractivity contribution >= 4 is 35.0 Å². The van der Waals surface area contributed by atoms with E-state index in [4.69, 9.17) is 27.9 Å². The Labute approximate surface area is 175 Å². The van der Waals surface area contributed by atoms with Crippen LogP contribution in [-0.4, -0.2) is 53.1 Å². The maximum absolute atomic E-state index is 13.6. The maximum Gasteiger partial charge on any atom is 0.256 e. The summed E-state index contributed by atoms with van der Waals surface area (Å²) in [6.07, 6.45) is 5.51. The van der Waals surface area contributed by atoms with Crippen LogP contribution in [0.25, 0.3) is 0 Å². The third kappa shape index (κ3) is 3.53. The van der Waals surface area contributed by atoms with Gasteiger partial charge >= 0.3 is 0 Å². The van der Waals surface area contributed by atoms with E-state index < -0.39 is 11.8 Å². The highest BCUT2D eigenvalue weighted by atomic mass is 35.5. The molecule has 4 rings (SSSR count). The van der Waals surface area contributed by atoms with Crippen molar-refractivity contribution in [3.8, 4) is 0 Å². The quantitative estimate of drug-likeness (QED) is 0.708. The Bertz CT molecular complexity index is 771. The molecule has 3 aliphatic rings. The summed E-state index contributed by atoms with van der Waals surface area (Å²) in [4.78, 5) is 30.4. The Morgan fingerprint density at radius 1 is 1.11 bits per heavy atom. The normalized spacial score (nSPS) is 30.2. The van der Waals surface area contributed by atoms with Crippen LogP contribution in [0.15, 0.2) is 18.2 Å². The fourth-order valence-corrected chi connectivity index (χ4v) is 4.98. The van der Waals surface area contributed by atoms with Gasteiger partial charge in [0, 0.05) is 18.7 Å². The van der Waals surface area contributed by atoms with Crippen molar-refractivity contribution in [3.05, 3.63) is 33.8 Å². The summed E-state index contributed by atoms with van der Waals surface area (Å²) in [6, 6.07) is 4.31. The van der Waals surface area contributed by atoms with Gasteiger partial charge in [0.05, 0.1) is 16.7 Å². The van der Waals surface area contributed by atoms with Crippen molar-refractivity contribution in [2.75, 3.05) is 19.7 Å². The lowest BCUT2D eigenvalue weighted by Gasteiger charge is -2.43. The van der Waals surface area contributed by atoms with Gasteiger partial charge in [-0.15, -0.1) is 0 Å². The van der Waals surface area contributed by atoms with E-state index in [0.29, 0.717) is 21.5 Å². The van der Waals surface area contributed by atoms with Gasteiger partial charge in [0.2, 0.25) is 5.91 Å². The minimum atomic E-state index is -0.699. The van der Waals surface area contributed by atoms with Crippen LogP contribution >= 0.6 is 23.2 Å². The summed E-state index contributed by atoms with van der Waals surface area (Å²) >= 11 is 12.2. The average Bonchev–Trinajstić information content (AvgIpc) is 3.34. The summed E-state index contributed by atoms with van der Waals surface area (Å²) in [5.74, 6) is 0.397. The number of benzene rings is 1. The number of nitrogens with zero attached hydrogens (tertiary/aromatic N) is 2. The molecule has 2 aliphatic heterocycles. The molecule has 2 amide bonds. The van der Waals surface area contributed by atoms with Crippen LogP contribution < -0.4 is 0 Å². The van der Waals surface area contributed by atoms with Crippen LogP contribution in [0.4, 0.5) is 0 Å². The minimum Gasteiger partial charge on any atom is -0.353 e. The Morgan fingerprint density at radius 2 is 1.79 bits per heavy atom. The maximum atomic E-state index is 13.6. The van der Waals surface area contributed by atoms with Crippen LogP contribution in [0.1, 0.15) is 55.8 Å². The van der Waals surface area contributed by atoms with Crippen molar-refractivity contribution in [2.24, 2.45) is 5.92 Å². The molecule has 0 N–H and O–H groups in total. The molecule has 2 saturated heterocycles. The SMILES string of the molecule is CC1CCC2(CC1)OC[C@H](C(=O)N1CCCC1)N2C(=O)c1ccc(Cl)c(Cl)c1. The molecule has 2 heterocycles. The summed E-state index contributed by atoms with van der Waals surface area (Å²) in [6.45, 7) is 4.00. The molecule has 1 aliphatic carbocycles. The lowest BCUT2D eigenvalue weighted by molar-refractivity contribution is -0.136. The first kappa shape index (κ1) is 20.0. The van der Waals surface area contributed by atoms with E-state index in [9.17, 15) is 9.59 Å².